The standard InChI is InChI=1S/C15H22N2OS/c1-12(15(18)17-9-3-4-10-17)16-11-13-5-7-14(19-2)8-6-13/h5-8,12,16H,3-4,9-11H2,1-2H3. The second-order valence-corrected chi connectivity index (χ2v) is 5.86. The van der Waals surface area contributed by atoms with E-state index in [0.717, 1.165) is 32.5 Å². The van der Waals surface area contributed by atoms with Gasteiger partial charge in [0.2, 0.25) is 5.91 Å². The molecular weight excluding hydrogens is 256 g/mol. The lowest BCUT2D eigenvalue weighted by molar-refractivity contribution is -0.131. The van der Waals surface area contributed by atoms with Gasteiger partial charge in [0.15, 0.2) is 0 Å². The highest BCUT2D eigenvalue weighted by atomic mass is 32.2. The van der Waals surface area contributed by atoms with Crippen molar-refractivity contribution in [3.05, 3.63) is 29.8 Å². The molecule has 104 valence electrons. The van der Waals surface area contributed by atoms with E-state index >= 15 is 0 Å². The number of carbonyl (C=O) groups excluding carboxylic acids is 1. The molecule has 1 saturated heterocycles. The lowest BCUT2D eigenvalue weighted by Crippen LogP contribution is -2.43. The fourth-order valence-corrected chi connectivity index (χ4v) is 2.72. The first-order valence-corrected chi connectivity index (χ1v) is 8.08. The summed E-state index contributed by atoms with van der Waals surface area (Å²) < 4.78 is 0. The zero-order chi connectivity index (χ0) is 13.7. The van der Waals surface area contributed by atoms with E-state index in [1.807, 2.05) is 11.8 Å². The molecule has 1 amide bonds. The molecule has 1 aromatic rings. The van der Waals surface area contributed by atoms with Crippen LogP contribution in [0.2, 0.25) is 0 Å². The molecule has 0 radical (unpaired) electrons. The largest absolute Gasteiger partial charge is 0.341 e. The van der Waals surface area contributed by atoms with Crippen LogP contribution in [0, 0.1) is 0 Å². The first-order valence-electron chi connectivity index (χ1n) is 6.86. The van der Waals surface area contributed by atoms with Crippen molar-refractivity contribution in [2.24, 2.45) is 0 Å². The summed E-state index contributed by atoms with van der Waals surface area (Å²) in [4.78, 5) is 15.4. The Labute approximate surface area is 119 Å². The Bertz CT molecular complexity index is 413. The Kier molecular flexibility index (Phi) is 5.28. The summed E-state index contributed by atoms with van der Waals surface area (Å²) in [6, 6.07) is 8.37. The summed E-state index contributed by atoms with van der Waals surface area (Å²) in [5.74, 6) is 0.234. The topological polar surface area (TPSA) is 32.3 Å². The molecule has 0 bridgehead atoms. The molecule has 1 aliphatic heterocycles. The van der Waals surface area contributed by atoms with Crippen LogP contribution < -0.4 is 5.32 Å². The Hall–Kier alpha value is -1.00. The summed E-state index contributed by atoms with van der Waals surface area (Å²) in [7, 11) is 0. The van der Waals surface area contributed by atoms with Gasteiger partial charge in [0.05, 0.1) is 6.04 Å². The van der Waals surface area contributed by atoms with Crippen LogP contribution in [-0.2, 0) is 11.3 Å². The zero-order valence-corrected chi connectivity index (χ0v) is 12.5. The van der Waals surface area contributed by atoms with E-state index in [0.29, 0.717) is 0 Å². The molecule has 1 atom stereocenters. The number of hydrogen-bond donors (Lipinski definition) is 1. The van der Waals surface area contributed by atoms with E-state index in [1.54, 1.807) is 11.8 Å². The summed E-state index contributed by atoms with van der Waals surface area (Å²) in [6.45, 7) is 4.55. The highest BCUT2D eigenvalue weighted by molar-refractivity contribution is 7.98. The first kappa shape index (κ1) is 14.4. The lowest BCUT2D eigenvalue weighted by atomic mass is 10.2. The molecule has 1 unspecified atom stereocenters. The molecule has 2 rings (SSSR count). The summed E-state index contributed by atoms with van der Waals surface area (Å²) in [6.07, 6.45) is 4.37. The van der Waals surface area contributed by atoms with E-state index in [2.05, 4.69) is 35.8 Å². The monoisotopic (exact) mass is 278 g/mol. The smallest absolute Gasteiger partial charge is 0.239 e. The Balaban J connectivity index is 1.81. The van der Waals surface area contributed by atoms with E-state index in [1.165, 1.54) is 10.5 Å². The van der Waals surface area contributed by atoms with E-state index in [9.17, 15) is 4.79 Å². The first-order chi connectivity index (χ1) is 9.20. The third kappa shape index (κ3) is 3.98. The molecule has 1 N–H and O–H groups in total. The van der Waals surface area contributed by atoms with Crippen molar-refractivity contribution in [2.75, 3.05) is 19.3 Å². The van der Waals surface area contributed by atoms with Crippen LogP contribution in [0.3, 0.4) is 0 Å². The normalized spacial score (nSPS) is 16.6. The van der Waals surface area contributed by atoms with Gasteiger partial charge in [-0.25, -0.2) is 0 Å². The highest BCUT2D eigenvalue weighted by Crippen LogP contribution is 2.15. The SMILES string of the molecule is CSc1ccc(CNC(C)C(=O)N2CCCC2)cc1. The average molecular weight is 278 g/mol. The number of likely N-dealkylation sites (tertiary alicyclic amines) is 1. The van der Waals surface area contributed by atoms with Gasteiger partial charge in [-0.15, -0.1) is 11.8 Å². The molecule has 1 fully saturated rings. The molecule has 19 heavy (non-hydrogen) atoms. The third-order valence-corrected chi connectivity index (χ3v) is 4.30. The highest BCUT2D eigenvalue weighted by Gasteiger charge is 2.22. The van der Waals surface area contributed by atoms with Gasteiger partial charge in [-0.2, -0.15) is 0 Å². The van der Waals surface area contributed by atoms with Crippen molar-refractivity contribution in [3.8, 4) is 0 Å². The van der Waals surface area contributed by atoms with Gasteiger partial charge in [0, 0.05) is 24.5 Å². The van der Waals surface area contributed by atoms with Crippen LogP contribution in [-0.4, -0.2) is 36.2 Å². The second kappa shape index (κ2) is 6.96. The zero-order valence-electron chi connectivity index (χ0n) is 11.7. The van der Waals surface area contributed by atoms with Gasteiger partial charge in [-0.1, -0.05) is 12.1 Å². The third-order valence-electron chi connectivity index (χ3n) is 3.56. The number of nitrogens with one attached hydrogen (secondary N) is 1. The molecule has 0 spiro atoms. The molecule has 0 aromatic heterocycles. The molecular formula is C15H22N2OS. The van der Waals surface area contributed by atoms with Crippen LogP contribution in [0.25, 0.3) is 0 Å². The second-order valence-electron chi connectivity index (χ2n) is 4.98. The van der Waals surface area contributed by atoms with Crippen molar-refractivity contribution in [1.82, 2.24) is 10.2 Å². The maximum Gasteiger partial charge on any atom is 0.239 e. The number of nitrogens with zero attached hydrogens (tertiary/aromatic N) is 1. The lowest BCUT2D eigenvalue weighted by Gasteiger charge is -2.21. The van der Waals surface area contributed by atoms with Gasteiger partial charge in [0.25, 0.3) is 0 Å². The van der Waals surface area contributed by atoms with Crippen molar-refractivity contribution < 1.29 is 4.79 Å². The average Bonchev–Trinajstić information content (AvgIpc) is 2.98. The number of hydrogen-bond acceptors (Lipinski definition) is 3. The van der Waals surface area contributed by atoms with Crippen molar-refractivity contribution in [3.63, 3.8) is 0 Å². The summed E-state index contributed by atoms with van der Waals surface area (Å²) >= 11 is 1.74. The quantitative estimate of drug-likeness (QED) is 0.840. The molecule has 1 aromatic carbocycles. The van der Waals surface area contributed by atoms with Gasteiger partial charge >= 0.3 is 0 Å². The van der Waals surface area contributed by atoms with Gasteiger partial charge in [0.1, 0.15) is 0 Å². The van der Waals surface area contributed by atoms with Gasteiger partial charge in [-0.05, 0) is 43.7 Å². The number of amides is 1. The molecule has 1 aliphatic rings. The van der Waals surface area contributed by atoms with Gasteiger partial charge in [-0.3, -0.25) is 4.79 Å². The fraction of sp³-hybridized carbons (Fsp3) is 0.533. The van der Waals surface area contributed by atoms with E-state index < -0.39 is 0 Å². The Morgan fingerprint density at radius 1 is 1.32 bits per heavy atom. The summed E-state index contributed by atoms with van der Waals surface area (Å²) in [5.41, 5.74) is 1.22. The number of rotatable bonds is 5. The minimum Gasteiger partial charge on any atom is -0.341 e. The molecule has 3 nitrogen and oxygen atoms in total. The maximum absolute atomic E-state index is 12.1. The number of benzene rings is 1. The van der Waals surface area contributed by atoms with Crippen molar-refractivity contribution >= 4 is 17.7 Å². The minimum atomic E-state index is -0.0988. The molecule has 1 heterocycles. The predicted molar refractivity (Wildman–Crippen MR) is 80.3 cm³/mol. The van der Waals surface area contributed by atoms with E-state index in [4.69, 9.17) is 0 Å². The van der Waals surface area contributed by atoms with Crippen LogP contribution in [0.5, 0.6) is 0 Å². The van der Waals surface area contributed by atoms with Crippen LogP contribution in [0.15, 0.2) is 29.2 Å². The van der Waals surface area contributed by atoms with Crippen molar-refractivity contribution in [1.29, 1.82) is 0 Å². The van der Waals surface area contributed by atoms with Gasteiger partial charge < -0.3 is 10.2 Å². The number of thioether (sulfide) groups is 1. The maximum atomic E-state index is 12.1. The van der Waals surface area contributed by atoms with Crippen LogP contribution >= 0.6 is 11.8 Å². The Morgan fingerprint density at radius 3 is 2.53 bits per heavy atom. The molecule has 0 aliphatic carbocycles. The van der Waals surface area contributed by atoms with Crippen LogP contribution in [0.4, 0.5) is 0 Å². The molecule has 0 saturated carbocycles. The minimum absolute atomic E-state index is 0.0988. The Morgan fingerprint density at radius 2 is 1.95 bits per heavy atom. The number of carbonyl (C=O) groups is 1. The predicted octanol–water partition coefficient (Wildman–Crippen LogP) is 2.51. The fourth-order valence-electron chi connectivity index (χ4n) is 2.31. The van der Waals surface area contributed by atoms with Crippen molar-refractivity contribution in [2.45, 2.75) is 37.2 Å². The molecule has 4 heteroatoms. The summed E-state index contributed by atoms with van der Waals surface area (Å²) in [5, 5.41) is 3.32. The van der Waals surface area contributed by atoms with Crippen LogP contribution in [0.1, 0.15) is 25.3 Å². The van der Waals surface area contributed by atoms with E-state index in [-0.39, 0.29) is 11.9 Å².